The summed E-state index contributed by atoms with van der Waals surface area (Å²) in [4.78, 5) is 36.6. The number of urea groups is 1. The lowest BCUT2D eigenvalue weighted by molar-refractivity contribution is -0.137. The number of aliphatic imine (C=N–C) groups is 1. The highest BCUT2D eigenvalue weighted by Crippen LogP contribution is 2.37. The smallest absolute Gasteiger partial charge is 0.302 e. The average molecular weight is 371 g/mol. The first-order valence-corrected chi connectivity index (χ1v) is 8.98. The van der Waals surface area contributed by atoms with Crippen molar-refractivity contribution in [1.29, 1.82) is 0 Å². The second-order valence-electron chi connectivity index (χ2n) is 7.49. The monoisotopic (exact) mass is 371 g/mol. The van der Waals surface area contributed by atoms with Crippen LogP contribution in [0.4, 0.5) is 14.9 Å². The van der Waals surface area contributed by atoms with Gasteiger partial charge in [-0.1, -0.05) is 26.0 Å². The summed E-state index contributed by atoms with van der Waals surface area (Å²) in [5.41, 5.74) is 1.13. The van der Waals surface area contributed by atoms with E-state index in [9.17, 15) is 14.0 Å². The van der Waals surface area contributed by atoms with E-state index in [4.69, 9.17) is 0 Å². The van der Waals surface area contributed by atoms with Crippen LogP contribution in [-0.2, 0) is 4.79 Å². The second-order valence-corrected chi connectivity index (χ2v) is 7.49. The molecular weight excluding hydrogens is 349 g/mol. The van der Waals surface area contributed by atoms with Crippen LogP contribution < -0.4 is 4.90 Å². The number of para-hydroxylation sites is 1. The van der Waals surface area contributed by atoms with Gasteiger partial charge in [0.05, 0.1) is 5.69 Å². The van der Waals surface area contributed by atoms with Gasteiger partial charge in [-0.25, -0.2) is 14.2 Å². The Labute approximate surface area is 157 Å². The standard InChI is InChI=1S/C19H22FN5O2/c1-11(2)9-24-17(26)15-16(22(4)19(24)27)21-18-23(15)10-12(3)25(18)14-8-6-5-7-13(14)20/h5-8,10-11,15-16H,9H2,1-4H3. The fourth-order valence-corrected chi connectivity index (χ4v) is 3.82. The van der Waals surface area contributed by atoms with Crippen molar-refractivity contribution in [2.75, 3.05) is 18.5 Å². The van der Waals surface area contributed by atoms with E-state index in [2.05, 4.69) is 4.99 Å². The Hall–Kier alpha value is -2.90. The van der Waals surface area contributed by atoms with Crippen LogP contribution in [0.15, 0.2) is 41.2 Å². The highest BCUT2D eigenvalue weighted by atomic mass is 19.1. The first-order valence-electron chi connectivity index (χ1n) is 8.98. The van der Waals surface area contributed by atoms with Gasteiger partial charge < -0.3 is 9.80 Å². The zero-order valence-electron chi connectivity index (χ0n) is 15.8. The molecule has 3 heterocycles. The number of fused-ring (bicyclic) bond motifs is 3. The predicted octanol–water partition coefficient (Wildman–Crippen LogP) is 2.42. The second kappa shape index (κ2) is 6.07. The molecule has 2 unspecified atom stereocenters. The number of hydrogen-bond donors (Lipinski definition) is 0. The molecule has 0 aliphatic carbocycles. The summed E-state index contributed by atoms with van der Waals surface area (Å²) in [5, 5.41) is 0. The van der Waals surface area contributed by atoms with Crippen LogP contribution in [0.1, 0.15) is 20.8 Å². The van der Waals surface area contributed by atoms with Gasteiger partial charge in [-0.15, -0.1) is 0 Å². The van der Waals surface area contributed by atoms with Gasteiger partial charge in [0.2, 0.25) is 5.96 Å². The molecule has 0 spiro atoms. The third-order valence-electron chi connectivity index (χ3n) is 5.03. The predicted molar refractivity (Wildman–Crippen MR) is 99.2 cm³/mol. The van der Waals surface area contributed by atoms with Crippen LogP contribution in [0.5, 0.6) is 0 Å². The molecule has 0 N–H and O–H groups in total. The van der Waals surface area contributed by atoms with E-state index in [0.717, 1.165) is 5.70 Å². The van der Waals surface area contributed by atoms with Crippen LogP contribution in [0, 0.1) is 11.7 Å². The molecule has 2 atom stereocenters. The normalized spacial score (nSPS) is 24.5. The molecule has 0 radical (unpaired) electrons. The van der Waals surface area contributed by atoms with Gasteiger partial charge in [0.15, 0.2) is 12.2 Å². The SMILES string of the molecule is CC1=CN2C(=NC3C2C(=O)N(CC(C)C)C(=O)N3C)N1c1ccccc1F. The Morgan fingerprint density at radius 1 is 1.22 bits per heavy atom. The summed E-state index contributed by atoms with van der Waals surface area (Å²) in [6, 6.07) is 5.46. The van der Waals surface area contributed by atoms with Gasteiger partial charge in [-0.05, 0) is 25.0 Å². The molecule has 3 aliphatic rings. The van der Waals surface area contributed by atoms with E-state index in [1.165, 1.54) is 15.9 Å². The van der Waals surface area contributed by atoms with Gasteiger partial charge in [-0.2, -0.15) is 0 Å². The number of nitrogens with zero attached hydrogens (tertiary/aromatic N) is 5. The Morgan fingerprint density at radius 2 is 1.93 bits per heavy atom. The molecule has 0 aromatic heterocycles. The van der Waals surface area contributed by atoms with Crippen LogP contribution in [0.3, 0.4) is 0 Å². The third-order valence-corrected chi connectivity index (χ3v) is 5.03. The Kier molecular flexibility index (Phi) is 3.94. The number of benzene rings is 1. The number of hydrogen-bond acceptors (Lipinski definition) is 5. The number of carbonyl (C=O) groups is 2. The van der Waals surface area contributed by atoms with Crippen molar-refractivity contribution in [3.05, 3.63) is 42.0 Å². The van der Waals surface area contributed by atoms with Gasteiger partial charge >= 0.3 is 6.03 Å². The van der Waals surface area contributed by atoms with Crippen LogP contribution in [0.2, 0.25) is 0 Å². The molecule has 1 aromatic carbocycles. The summed E-state index contributed by atoms with van der Waals surface area (Å²) in [5.74, 6) is -0.0146. The van der Waals surface area contributed by atoms with E-state index in [1.807, 2.05) is 20.8 Å². The van der Waals surface area contributed by atoms with E-state index in [-0.39, 0.29) is 23.7 Å². The summed E-state index contributed by atoms with van der Waals surface area (Å²) >= 11 is 0. The highest BCUT2D eigenvalue weighted by molar-refractivity contribution is 6.09. The molecule has 1 aromatic rings. The zero-order chi connectivity index (χ0) is 19.5. The van der Waals surface area contributed by atoms with Crippen molar-refractivity contribution in [3.8, 4) is 0 Å². The molecule has 27 heavy (non-hydrogen) atoms. The molecule has 4 rings (SSSR count). The Morgan fingerprint density at radius 3 is 2.59 bits per heavy atom. The van der Waals surface area contributed by atoms with Gasteiger partial charge in [0.1, 0.15) is 5.82 Å². The maximum Gasteiger partial charge on any atom is 0.328 e. The lowest BCUT2D eigenvalue weighted by atomic mass is 10.1. The average Bonchev–Trinajstić information content (AvgIpc) is 3.12. The van der Waals surface area contributed by atoms with E-state index in [1.54, 1.807) is 41.2 Å². The summed E-state index contributed by atoms with van der Waals surface area (Å²) in [6.45, 7) is 6.12. The van der Waals surface area contributed by atoms with Gasteiger partial charge in [0, 0.05) is 25.5 Å². The number of rotatable bonds is 3. The Bertz CT molecular complexity index is 881. The number of anilines is 1. The lowest BCUT2D eigenvalue weighted by Gasteiger charge is -2.40. The maximum atomic E-state index is 14.4. The first-order chi connectivity index (χ1) is 12.8. The largest absolute Gasteiger partial charge is 0.328 e. The van der Waals surface area contributed by atoms with Crippen LogP contribution >= 0.6 is 0 Å². The fraction of sp³-hybridized carbons (Fsp3) is 0.421. The quantitative estimate of drug-likeness (QED) is 0.819. The molecule has 0 bridgehead atoms. The van der Waals surface area contributed by atoms with Gasteiger partial charge in [0.25, 0.3) is 5.91 Å². The number of halogens is 1. The number of guanidine groups is 1. The molecule has 142 valence electrons. The van der Waals surface area contributed by atoms with Crippen molar-refractivity contribution in [3.63, 3.8) is 0 Å². The van der Waals surface area contributed by atoms with E-state index < -0.39 is 12.2 Å². The molecule has 3 aliphatic heterocycles. The molecule has 3 amide bonds. The van der Waals surface area contributed by atoms with Crippen molar-refractivity contribution in [2.24, 2.45) is 10.9 Å². The lowest BCUT2D eigenvalue weighted by Crippen LogP contribution is -2.64. The minimum Gasteiger partial charge on any atom is -0.302 e. The van der Waals surface area contributed by atoms with Crippen molar-refractivity contribution >= 4 is 23.6 Å². The summed E-state index contributed by atoms with van der Waals surface area (Å²) in [7, 11) is 1.65. The topological polar surface area (TPSA) is 59.5 Å². The maximum absolute atomic E-state index is 14.4. The molecule has 7 nitrogen and oxygen atoms in total. The third kappa shape index (κ3) is 2.50. The van der Waals surface area contributed by atoms with E-state index in [0.29, 0.717) is 18.2 Å². The van der Waals surface area contributed by atoms with Crippen LogP contribution in [0.25, 0.3) is 0 Å². The van der Waals surface area contributed by atoms with Gasteiger partial charge in [-0.3, -0.25) is 14.6 Å². The minimum atomic E-state index is -0.631. The molecule has 8 heteroatoms. The zero-order valence-corrected chi connectivity index (χ0v) is 15.8. The number of likely N-dealkylation sites (N-methyl/N-ethyl adjacent to an activating group) is 1. The van der Waals surface area contributed by atoms with E-state index >= 15 is 0 Å². The van der Waals surface area contributed by atoms with Crippen molar-refractivity contribution in [2.45, 2.75) is 33.0 Å². The number of allylic oxidation sites excluding steroid dienone is 1. The van der Waals surface area contributed by atoms with Crippen molar-refractivity contribution in [1.82, 2.24) is 14.7 Å². The minimum absolute atomic E-state index is 0.162. The fourth-order valence-electron chi connectivity index (χ4n) is 3.82. The number of imide groups is 1. The number of amides is 3. The molecular formula is C19H22FN5O2. The number of carbonyl (C=O) groups excluding carboxylic acids is 2. The molecule has 1 saturated heterocycles. The van der Waals surface area contributed by atoms with Crippen molar-refractivity contribution < 1.29 is 14.0 Å². The highest BCUT2D eigenvalue weighted by Gasteiger charge is 2.54. The summed E-state index contributed by atoms with van der Waals surface area (Å²) in [6.07, 6.45) is 1.17. The van der Waals surface area contributed by atoms with Crippen LogP contribution in [-0.4, -0.2) is 58.4 Å². The molecule has 0 saturated carbocycles. The first kappa shape index (κ1) is 17.5. The summed E-state index contributed by atoms with van der Waals surface area (Å²) < 4.78 is 14.4. The molecule has 1 fully saturated rings. The Balaban J connectivity index is 1.73.